The van der Waals surface area contributed by atoms with Crippen molar-refractivity contribution in [1.82, 2.24) is 16.0 Å². The SMILES string of the molecule is CCOC(=O)C1=C(CNC(C)(C)CC)NC(=O)NC1. The van der Waals surface area contributed by atoms with E-state index in [0.29, 0.717) is 24.4 Å². The highest BCUT2D eigenvalue weighted by Crippen LogP contribution is 2.11. The maximum atomic E-state index is 11.8. The lowest BCUT2D eigenvalue weighted by molar-refractivity contribution is -0.138. The van der Waals surface area contributed by atoms with E-state index in [-0.39, 0.29) is 24.1 Å². The summed E-state index contributed by atoms with van der Waals surface area (Å²) in [6.45, 7) is 8.93. The van der Waals surface area contributed by atoms with Crippen LogP contribution < -0.4 is 16.0 Å². The molecule has 108 valence electrons. The first-order chi connectivity index (χ1) is 8.89. The van der Waals surface area contributed by atoms with Gasteiger partial charge in [0, 0.05) is 17.8 Å². The molecule has 1 aliphatic heterocycles. The van der Waals surface area contributed by atoms with Gasteiger partial charge in [-0.1, -0.05) is 6.92 Å². The van der Waals surface area contributed by atoms with Crippen LogP contribution in [-0.2, 0) is 9.53 Å². The number of carbonyl (C=O) groups is 2. The molecule has 1 heterocycles. The maximum Gasteiger partial charge on any atom is 0.337 e. The van der Waals surface area contributed by atoms with Crippen LogP contribution in [0.1, 0.15) is 34.1 Å². The van der Waals surface area contributed by atoms with Crippen LogP contribution in [-0.4, -0.2) is 37.2 Å². The van der Waals surface area contributed by atoms with Gasteiger partial charge in [-0.25, -0.2) is 9.59 Å². The lowest BCUT2D eigenvalue weighted by Gasteiger charge is -2.28. The van der Waals surface area contributed by atoms with Crippen LogP contribution in [0.2, 0.25) is 0 Å². The Balaban J connectivity index is 2.81. The number of hydrogen-bond donors (Lipinski definition) is 3. The average molecular weight is 269 g/mol. The number of amides is 2. The summed E-state index contributed by atoms with van der Waals surface area (Å²) in [5.41, 5.74) is 1.01. The van der Waals surface area contributed by atoms with Gasteiger partial charge in [0.1, 0.15) is 0 Å². The van der Waals surface area contributed by atoms with Crippen molar-refractivity contribution in [3.63, 3.8) is 0 Å². The number of esters is 1. The molecule has 1 rings (SSSR count). The standard InChI is InChI=1S/C13H23N3O3/c1-5-13(3,4)15-8-10-9(11(17)19-6-2)7-14-12(18)16-10/h15H,5-8H2,1-4H3,(H2,14,16,18). The van der Waals surface area contributed by atoms with Gasteiger partial charge in [0.05, 0.1) is 18.7 Å². The van der Waals surface area contributed by atoms with Gasteiger partial charge in [-0.2, -0.15) is 0 Å². The Morgan fingerprint density at radius 2 is 2.11 bits per heavy atom. The summed E-state index contributed by atoms with van der Waals surface area (Å²) < 4.78 is 4.99. The molecular weight excluding hydrogens is 246 g/mol. The zero-order valence-corrected chi connectivity index (χ0v) is 12.1. The van der Waals surface area contributed by atoms with Crippen LogP contribution in [0.5, 0.6) is 0 Å². The minimum atomic E-state index is -0.388. The topological polar surface area (TPSA) is 79.5 Å². The van der Waals surface area contributed by atoms with Crippen LogP contribution in [0.4, 0.5) is 4.79 Å². The predicted octanol–water partition coefficient (Wildman–Crippen LogP) is 0.895. The molecular formula is C13H23N3O3. The minimum Gasteiger partial charge on any atom is -0.463 e. The summed E-state index contributed by atoms with van der Waals surface area (Å²) in [6, 6.07) is -0.292. The molecule has 0 aliphatic carbocycles. The second-order valence-corrected chi connectivity index (χ2v) is 5.08. The number of hydrogen-bond acceptors (Lipinski definition) is 4. The van der Waals surface area contributed by atoms with Gasteiger partial charge in [-0.05, 0) is 27.2 Å². The smallest absolute Gasteiger partial charge is 0.337 e. The molecule has 0 spiro atoms. The first kappa shape index (κ1) is 15.5. The van der Waals surface area contributed by atoms with Crippen LogP contribution in [0.3, 0.4) is 0 Å². The number of ether oxygens (including phenoxy) is 1. The molecule has 0 unspecified atom stereocenters. The van der Waals surface area contributed by atoms with Gasteiger partial charge in [-0.15, -0.1) is 0 Å². The summed E-state index contributed by atoms with van der Waals surface area (Å²) in [7, 11) is 0. The predicted molar refractivity (Wildman–Crippen MR) is 72.6 cm³/mol. The molecule has 6 nitrogen and oxygen atoms in total. The molecule has 0 bridgehead atoms. The van der Waals surface area contributed by atoms with Crippen LogP contribution in [0.15, 0.2) is 11.3 Å². The monoisotopic (exact) mass is 269 g/mol. The van der Waals surface area contributed by atoms with Crippen LogP contribution in [0.25, 0.3) is 0 Å². The van der Waals surface area contributed by atoms with E-state index in [4.69, 9.17) is 4.74 Å². The normalized spacial score (nSPS) is 15.9. The van der Waals surface area contributed by atoms with Crippen LogP contribution in [0, 0.1) is 0 Å². The van der Waals surface area contributed by atoms with Crippen molar-refractivity contribution in [2.75, 3.05) is 19.7 Å². The van der Waals surface area contributed by atoms with Gasteiger partial charge in [-0.3, -0.25) is 0 Å². The summed E-state index contributed by atoms with van der Waals surface area (Å²) in [5.74, 6) is -0.388. The Bertz CT molecular complexity index is 389. The summed E-state index contributed by atoms with van der Waals surface area (Å²) in [4.78, 5) is 23.2. The molecule has 0 fully saturated rings. The van der Waals surface area contributed by atoms with E-state index in [0.717, 1.165) is 6.42 Å². The number of urea groups is 1. The first-order valence-corrected chi connectivity index (χ1v) is 6.58. The maximum absolute atomic E-state index is 11.8. The highest BCUT2D eigenvalue weighted by atomic mass is 16.5. The van der Waals surface area contributed by atoms with Crippen molar-refractivity contribution in [2.45, 2.75) is 39.7 Å². The van der Waals surface area contributed by atoms with Gasteiger partial charge >= 0.3 is 12.0 Å². The van der Waals surface area contributed by atoms with Crippen molar-refractivity contribution < 1.29 is 14.3 Å². The number of carbonyl (C=O) groups excluding carboxylic acids is 2. The van der Waals surface area contributed by atoms with Gasteiger partial charge < -0.3 is 20.7 Å². The Morgan fingerprint density at radius 3 is 2.68 bits per heavy atom. The van der Waals surface area contributed by atoms with Gasteiger partial charge in [0.2, 0.25) is 0 Å². The van der Waals surface area contributed by atoms with E-state index in [2.05, 4.69) is 36.7 Å². The quantitative estimate of drug-likeness (QED) is 0.626. The van der Waals surface area contributed by atoms with Crippen LogP contribution >= 0.6 is 0 Å². The molecule has 19 heavy (non-hydrogen) atoms. The molecule has 0 radical (unpaired) electrons. The molecule has 0 aromatic carbocycles. The van der Waals surface area contributed by atoms with E-state index in [9.17, 15) is 9.59 Å². The summed E-state index contributed by atoms with van der Waals surface area (Å²) >= 11 is 0. The van der Waals surface area contributed by atoms with E-state index in [1.165, 1.54) is 0 Å². The van der Waals surface area contributed by atoms with E-state index >= 15 is 0 Å². The molecule has 0 saturated heterocycles. The summed E-state index contributed by atoms with van der Waals surface area (Å²) in [6.07, 6.45) is 0.946. The fourth-order valence-electron chi connectivity index (χ4n) is 1.55. The molecule has 0 aromatic heterocycles. The first-order valence-electron chi connectivity index (χ1n) is 6.58. The minimum absolute atomic E-state index is 0.0532. The van der Waals surface area contributed by atoms with Crippen molar-refractivity contribution in [3.05, 3.63) is 11.3 Å². The van der Waals surface area contributed by atoms with E-state index in [1.807, 2.05) is 0 Å². The third kappa shape index (κ3) is 4.55. The highest BCUT2D eigenvalue weighted by molar-refractivity contribution is 5.93. The molecule has 0 atom stereocenters. The third-order valence-electron chi connectivity index (χ3n) is 3.20. The average Bonchev–Trinajstić information content (AvgIpc) is 2.37. The Labute approximate surface area is 114 Å². The molecule has 0 saturated carbocycles. The molecule has 1 aliphatic rings. The van der Waals surface area contributed by atoms with Crippen molar-refractivity contribution in [1.29, 1.82) is 0 Å². The molecule has 2 amide bonds. The summed E-state index contributed by atoms with van der Waals surface area (Å²) in [5, 5.41) is 8.56. The third-order valence-corrected chi connectivity index (χ3v) is 3.20. The highest BCUT2D eigenvalue weighted by Gasteiger charge is 2.24. The fourth-order valence-corrected chi connectivity index (χ4v) is 1.55. The van der Waals surface area contributed by atoms with Crippen molar-refractivity contribution in [2.24, 2.45) is 0 Å². The van der Waals surface area contributed by atoms with Crippen molar-refractivity contribution >= 4 is 12.0 Å². The number of nitrogens with one attached hydrogen (secondary N) is 3. The molecule has 0 aromatic rings. The fraction of sp³-hybridized carbons (Fsp3) is 0.692. The molecule has 3 N–H and O–H groups in total. The Hall–Kier alpha value is -1.56. The van der Waals surface area contributed by atoms with E-state index < -0.39 is 0 Å². The second-order valence-electron chi connectivity index (χ2n) is 5.08. The zero-order valence-electron chi connectivity index (χ0n) is 12.1. The largest absolute Gasteiger partial charge is 0.463 e. The zero-order chi connectivity index (χ0) is 14.5. The lowest BCUT2D eigenvalue weighted by atomic mass is 10.0. The van der Waals surface area contributed by atoms with Crippen molar-refractivity contribution in [3.8, 4) is 0 Å². The molecule has 6 heteroatoms. The second kappa shape index (κ2) is 6.56. The van der Waals surface area contributed by atoms with Gasteiger partial charge in [0.25, 0.3) is 0 Å². The lowest BCUT2D eigenvalue weighted by Crippen LogP contribution is -2.49. The Kier molecular flexibility index (Phi) is 5.35. The van der Waals surface area contributed by atoms with E-state index in [1.54, 1.807) is 6.92 Å². The number of rotatable bonds is 6. The Morgan fingerprint density at radius 1 is 1.42 bits per heavy atom. The van der Waals surface area contributed by atoms with Gasteiger partial charge in [0.15, 0.2) is 0 Å².